The average molecular weight is 461 g/mol. The molecule has 0 atom stereocenters. The van der Waals surface area contributed by atoms with Gasteiger partial charge in [0.1, 0.15) is 18.2 Å². The summed E-state index contributed by atoms with van der Waals surface area (Å²) in [6, 6.07) is 20.6. The van der Waals surface area contributed by atoms with Gasteiger partial charge >= 0.3 is 0 Å². The van der Waals surface area contributed by atoms with Crippen LogP contribution >= 0.6 is 0 Å². The van der Waals surface area contributed by atoms with Crippen molar-refractivity contribution in [1.82, 2.24) is 0 Å². The predicted molar refractivity (Wildman–Crippen MR) is 136 cm³/mol. The fourth-order valence-corrected chi connectivity index (χ4v) is 4.49. The standard InChI is InChI=1S/C29H33FN2O2/c1-21-18-25(34-20-23-10-6-3-7-11-23)14-16-27(21)31-24-13-15-26(30)28(19-24)32-29(33)17-12-22-8-4-2-5-9-22/h3,6-7,10-11,13-16,18-19,22,31H,2,4-5,8-9,12,17,20H2,1H3,(H,32,33). The second-order valence-corrected chi connectivity index (χ2v) is 9.16. The zero-order valence-corrected chi connectivity index (χ0v) is 19.8. The van der Waals surface area contributed by atoms with Crippen LogP contribution < -0.4 is 15.4 Å². The van der Waals surface area contributed by atoms with E-state index in [1.807, 2.05) is 55.5 Å². The van der Waals surface area contributed by atoms with E-state index in [4.69, 9.17) is 4.74 Å². The maximum absolute atomic E-state index is 14.4. The highest BCUT2D eigenvalue weighted by Gasteiger charge is 2.16. The molecule has 0 radical (unpaired) electrons. The van der Waals surface area contributed by atoms with Gasteiger partial charge < -0.3 is 15.4 Å². The summed E-state index contributed by atoms with van der Waals surface area (Å²) in [5, 5.41) is 6.08. The Morgan fingerprint density at radius 3 is 2.53 bits per heavy atom. The largest absolute Gasteiger partial charge is 0.489 e. The number of aryl methyl sites for hydroxylation is 1. The Morgan fingerprint density at radius 2 is 1.76 bits per heavy atom. The van der Waals surface area contributed by atoms with Crippen LogP contribution in [0.15, 0.2) is 66.7 Å². The minimum atomic E-state index is -0.432. The van der Waals surface area contributed by atoms with Crippen LogP contribution in [-0.4, -0.2) is 5.91 Å². The summed E-state index contributed by atoms with van der Waals surface area (Å²) in [5.41, 5.74) is 3.94. The topological polar surface area (TPSA) is 50.4 Å². The molecule has 178 valence electrons. The molecule has 1 aliphatic rings. The monoisotopic (exact) mass is 460 g/mol. The third-order valence-corrected chi connectivity index (χ3v) is 6.47. The van der Waals surface area contributed by atoms with Gasteiger partial charge in [-0.25, -0.2) is 4.39 Å². The van der Waals surface area contributed by atoms with Gasteiger partial charge in [-0.1, -0.05) is 62.4 Å². The summed E-state index contributed by atoms with van der Waals surface area (Å²) in [6.07, 6.45) is 7.54. The summed E-state index contributed by atoms with van der Waals surface area (Å²) < 4.78 is 20.3. The van der Waals surface area contributed by atoms with Crippen molar-refractivity contribution in [2.45, 2.75) is 58.5 Å². The molecule has 0 heterocycles. The number of halogens is 1. The molecule has 3 aromatic carbocycles. The van der Waals surface area contributed by atoms with Crippen molar-refractivity contribution in [2.75, 3.05) is 10.6 Å². The molecule has 34 heavy (non-hydrogen) atoms. The molecular weight excluding hydrogens is 427 g/mol. The highest BCUT2D eigenvalue weighted by atomic mass is 19.1. The Morgan fingerprint density at radius 1 is 0.971 bits per heavy atom. The number of carbonyl (C=O) groups is 1. The van der Waals surface area contributed by atoms with Crippen LogP contribution in [0.3, 0.4) is 0 Å². The molecule has 0 spiro atoms. The van der Waals surface area contributed by atoms with Gasteiger partial charge in [-0.3, -0.25) is 4.79 Å². The Balaban J connectivity index is 1.34. The van der Waals surface area contributed by atoms with Crippen molar-refractivity contribution in [3.63, 3.8) is 0 Å². The third kappa shape index (κ3) is 6.83. The molecule has 4 rings (SSSR count). The maximum atomic E-state index is 14.4. The fourth-order valence-electron chi connectivity index (χ4n) is 4.49. The lowest BCUT2D eigenvalue weighted by atomic mass is 9.86. The van der Waals surface area contributed by atoms with E-state index >= 15 is 0 Å². The number of rotatable bonds is 9. The smallest absolute Gasteiger partial charge is 0.224 e. The second-order valence-electron chi connectivity index (χ2n) is 9.16. The highest BCUT2D eigenvalue weighted by molar-refractivity contribution is 5.91. The second kappa shape index (κ2) is 11.7. The summed E-state index contributed by atoms with van der Waals surface area (Å²) in [5.74, 6) is 0.854. The van der Waals surface area contributed by atoms with Gasteiger partial charge in [0.05, 0.1) is 5.69 Å². The van der Waals surface area contributed by atoms with E-state index in [2.05, 4.69) is 10.6 Å². The van der Waals surface area contributed by atoms with E-state index in [0.717, 1.165) is 29.0 Å². The SMILES string of the molecule is Cc1cc(OCc2ccccc2)ccc1Nc1ccc(F)c(NC(=O)CCC2CCCCC2)c1. The van der Waals surface area contributed by atoms with E-state index < -0.39 is 5.82 Å². The molecule has 1 fully saturated rings. The lowest BCUT2D eigenvalue weighted by molar-refractivity contribution is -0.116. The number of hydrogen-bond donors (Lipinski definition) is 2. The number of carbonyl (C=O) groups excluding carboxylic acids is 1. The Hall–Kier alpha value is -3.34. The van der Waals surface area contributed by atoms with Crippen molar-refractivity contribution in [3.05, 3.63) is 83.7 Å². The van der Waals surface area contributed by atoms with E-state index in [-0.39, 0.29) is 11.6 Å². The van der Waals surface area contributed by atoms with Crippen LogP contribution in [0.4, 0.5) is 21.5 Å². The molecule has 0 bridgehead atoms. The van der Waals surface area contributed by atoms with Crippen molar-refractivity contribution in [3.8, 4) is 5.75 Å². The van der Waals surface area contributed by atoms with E-state index in [1.54, 1.807) is 12.1 Å². The van der Waals surface area contributed by atoms with Gasteiger partial charge in [-0.05, 0) is 66.8 Å². The zero-order valence-electron chi connectivity index (χ0n) is 19.8. The van der Waals surface area contributed by atoms with Gasteiger partial charge in [-0.15, -0.1) is 0 Å². The molecular formula is C29H33FN2O2. The van der Waals surface area contributed by atoms with Crippen LogP contribution in [0.2, 0.25) is 0 Å². The van der Waals surface area contributed by atoms with Crippen LogP contribution in [0, 0.1) is 18.7 Å². The van der Waals surface area contributed by atoms with Crippen LogP contribution in [0.5, 0.6) is 5.75 Å². The lowest BCUT2D eigenvalue weighted by Gasteiger charge is -2.21. The first kappa shape index (κ1) is 23.8. The van der Waals surface area contributed by atoms with Crippen molar-refractivity contribution in [2.24, 2.45) is 5.92 Å². The molecule has 0 unspecified atom stereocenters. The van der Waals surface area contributed by atoms with E-state index in [1.165, 1.54) is 38.2 Å². The van der Waals surface area contributed by atoms with Gasteiger partial charge in [0, 0.05) is 17.8 Å². The maximum Gasteiger partial charge on any atom is 0.224 e. The number of hydrogen-bond acceptors (Lipinski definition) is 3. The summed E-state index contributed by atoms with van der Waals surface area (Å²) in [6.45, 7) is 2.50. The number of amides is 1. The Kier molecular flexibility index (Phi) is 8.18. The number of benzene rings is 3. The van der Waals surface area contributed by atoms with Gasteiger partial charge in [0.15, 0.2) is 0 Å². The van der Waals surface area contributed by atoms with Crippen LogP contribution in [-0.2, 0) is 11.4 Å². The number of anilines is 3. The first-order chi connectivity index (χ1) is 16.6. The Bertz CT molecular complexity index is 1090. The van der Waals surface area contributed by atoms with Gasteiger partial charge in [-0.2, -0.15) is 0 Å². The minimum Gasteiger partial charge on any atom is -0.489 e. The van der Waals surface area contributed by atoms with Crippen molar-refractivity contribution in [1.29, 1.82) is 0 Å². The first-order valence-corrected chi connectivity index (χ1v) is 12.2. The quantitative estimate of drug-likeness (QED) is 0.343. The van der Waals surface area contributed by atoms with E-state index in [0.29, 0.717) is 24.6 Å². The molecule has 0 aromatic heterocycles. The van der Waals surface area contributed by atoms with Crippen molar-refractivity contribution < 1.29 is 13.9 Å². The number of ether oxygens (including phenoxy) is 1. The van der Waals surface area contributed by atoms with Crippen LogP contribution in [0.1, 0.15) is 56.1 Å². The van der Waals surface area contributed by atoms with Gasteiger partial charge in [0.25, 0.3) is 0 Å². The first-order valence-electron chi connectivity index (χ1n) is 12.2. The summed E-state index contributed by atoms with van der Waals surface area (Å²) in [7, 11) is 0. The molecule has 1 saturated carbocycles. The molecule has 0 aliphatic heterocycles. The molecule has 1 aliphatic carbocycles. The molecule has 0 saturated heterocycles. The molecule has 5 heteroatoms. The summed E-state index contributed by atoms with van der Waals surface area (Å²) in [4.78, 5) is 12.4. The highest BCUT2D eigenvalue weighted by Crippen LogP contribution is 2.29. The van der Waals surface area contributed by atoms with Crippen LogP contribution in [0.25, 0.3) is 0 Å². The van der Waals surface area contributed by atoms with E-state index in [9.17, 15) is 9.18 Å². The minimum absolute atomic E-state index is 0.127. The molecule has 1 amide bonds. The van der Waals surface area contributed by atoms with Crippen molar-refractivity contribution >= 4 is 23.0 Å². The predicted octanol–water partition coefficient (Wildman–Crippen LogP) is 7.76. The lowest BCUT2D eigenvalue weighted by Crippen LogP contribution is -2.15. The average Bonchev–Trinajstić information content (AvgIpc) is 2.86. The molecule has 2 N–H and O–H groups in total. The fraction of sp³-hybridized carbons (Fsp3) is 0.345. The third-order valence-electron chi connectivity index (χ3n) is 6.47. The normalized spacial score (nSPS) is 13.9. The molecule has 3 aromatic rings. The molecule has 4 nitrogen and oxygen atoms in total. The number of nitrogens with one attached hydrogen (secondary N) is 2. The zero-order chi connectivity index (χ0) is 23.8. The Labute approximate surface area is 201 Å². The van der Waals surface area contributed by atoms with Gasteiger partial charge in [0.2, 0.25) is 5.91 Å². The summed E-state index contributed by atoms with van der Waals surface area (Å²) >= 11 is 0.